The average Bonchev–Trinajstić information content (AvgIpc) is 3.34. The van der Waals surface area contributed by atoms with Crippen molar-refractivity contribution in [1.29, 1.82) is 5.26 Å². The molecular weight excluding hydrogens is 450 g/mol. The summed E-state index contributed by atoms with van der Waals surface area (Å²) >= 11 is 0. The summed E-state index contributed by atoms with van der Waals surface area (Å²) in [6, 6.07) is 14.1. The molecule has 182 valence electrons. The number of aliphatic hydroxyl groups excluding tert-OH is 1. The molecule has 8 nitrogen and oxygen atoms in total. The zero-order valence-corrected chi connectivity index (χ0v) is 20.7. The van der Waals surface area contributed by atoms with Gasteiger partial charge >= 0.3 is 0 Å². The van der Waals surface area contributed by atoms with Gasteiger partial charge in [-0.25, -0.2) is 15.0 Å². The van der Waals surface area contributed by atoms with Gasteiger partial charge in [0.15, 0.2) is 0 Å². The quantitative estimate of drug-likeness (QED) is 0.394. The highest BCUT2D eigenvalue weighted by Gasteiger charge is 2.19. The van der Waals surface area contributed by atoms with E-state index in [0.29, 0.717) is 17.2 Å². The molecule has 0 bridgehead atoms. The second-order valence-corrected chi connectivity index (χ2v) is 9.32. The van der Waals surface area contributed by atoms with E-state index in [-0.39, 0.29) is 6.04 Å². The maximum absolute atomic E-state index is 10.8. The summed E-state index contributed by atoms with van der Waals surface area (Å²) in [5.74, 6) is 0.430. The lowest BCUT2D eigenvalue weighted by molar-refractivity contribution is 0.201. The van der Waals surface area contributed by atoms with Crippen LogP contribution in [0, 0.1) is 18.3 Å². The Morgan fingerprint density at radius 1 is 1.11 bits per heavy atom. The maximum atomic E-state index is 10.8. The van der Waals surface area contributed by atoms with Crippen LogP contribution in [0.15, 0.2) is 66.6 Å². The van der Waals surface area contributed by atoms with Gasteiger partial charge < -0.3 is 15.3 Å². The number of fused-ring (bicyclic) bond motifs is 1. The number of aromatic nitrogens is 4. The third kappa shape index (κ3) is 4.59. The van der Waals surface area contributed by atoms with Crippen LogP contribution in [0.3, 0.4) is 0 Å². The van der Waals surface area contributed by atoms with E-state index in [1.165, 1.54) is 0 Å². The Kier molecular flexibility index (Phi) is 6.51. The van der Waals surface area contributed by atoms with Crippen LogP contribution in [0.2, 0.25) is 0 Å². The molecule has 4 aromatic rings. The Bertz CT molecular complexity index is 1470. The zero-order valence-electron chi connectivity index (χ0n) is 20.7. The predicted molar refractivity (Wildman–Crippen MR) is 139 cm³/mol. The van der Waals surface area contributed by atoms with Gasteiger partial charge in [-0.05, 0) is 55.6 Å². The highest BCUT2D eigenvalue weighted by Crippen LogP contribution is 2.29. The number of likely N-dealkylation sites (N-methyl/N-ethyl adjacent to an activating group) is 1. The summed E-state index contributed by atoms with van der Waals surface area (Å²) in [5, 5.41) is 23.8. The standard InChI is InChI=1S/C28H29N7O/c1-18-5-4-12-35-24(17-30-27(18)35)25-23(15-29)16-31-28(33-25)32-19(2)20-6-8-21(9-7-20)26(36)22-10-13-34(3)14-11-22/h4-10,12,16-17,19,26,36H,11,13-14H2,1-3H3,(H,31,32,33)/t19-,26?/m0/s1. The number of nitrogens with zero attached hydrogens (tertiary/aromatic N) is 6. The van der Waals surface area contributed by atoms with Crippen LogP contribution in [0.4, 0.5) is 5.95 Å². The molecule has 1 aromatic carbocycles. The molecule has 36 heavy (non-hydrogen) atoms. The largest absolute Gasteiger partial charge is 0.384 e. The van der Waals surface area contributed by atoms with Crippen LogP contribution in [0.1, 0.15) is 47.7 Å². The molecule has 2 N–H and O–H groups in total. The number of nitrogens with one attached hydrogen (secondary N) is 1. The van der Waals surface area contributed by atoms with E-state index >= 15 is 0 Å². The SMILES string of the molecule is Cc1cccn2c(-c3nc(N[C@@H](C)c4ccc(C(O)C5=CCN(C)CC5)cc4)ncc3C#N)cnc12. The Morgan fingerprint density at radius 3 is 2.61 bits per heavy atom. The summed E-state index contributed by atoms with van der Waals surface area (Å²) in [5.41, 5.74) is 6.55. The van der Waals surface area contributed by atoms with Crippen LogP contribution in [0.5, 0.6) is 0 Å². The van der Waals surface area contributed by atoms with Gasteiger partial charge in [0.05, 0.1) is 29.7 Å². The number of rotatable bonds is 6. The van der Waals surface area contributed by atoms with Crippen molar-refractivity contribution in [3.63, 3.8) is 0 Å². The number of benzene rings is 1. The van der Waals surface area contributed by atoms with Crippen LogP contribution >= 0.6 is 0 Å². The molecule has 0 spiro atoms. The maximum Gasteiger partial charge on any atom is 0.223 e. The number of aryl methyl sites for hydroxylation is 1. The lowest BCUT2D eigenvalue weighted by Gasteiger charge is -2.25. The fourth-order valence-corrected chi connectivity index (χ4v) is 4.55. The smallest absolute Gasteiger partial charge is 0.223 e. The Labute approximate surface area is 210 Å². The van der Waals surface area contributed by atoms with E-state index in [4.69, 9.17) is 0 Å². The second-order valence-electron chi connectivity index (χ2n) is 9.32. The average molecular weight is 480 g/mol. The monoisotopic (exact) mass is 479 g/mol. The first-order chi connectivity index (χ1) is 17.4. The molecule has 0 radical (unpaired) electrons. The fourth-order valence-electron chi connectivity index (χ4n) is 4.55. The van der Waals surface area contributed by atoms with Crippen molar-refractivity contribution in [2.75, 3.05) is 25.5 Å². The minimum atomic E-state index is -0.574. The summed E-state index contributed by atoms with van der Waals surface area (Å²) in [4.78, 5) is 15.8. The molecule has 0 saturated carbocycles. The van der Waals surface area contributed by atoms with Gasteiger partial charge in [-0.15, -0.1) is 0 Å². The first-order valence-corrected chi connectivity index (χ1v) is 12.1. The first kappa shape index (κ1) is 23.7. The number of nitriles is 1. The summed E-state index contributed by atoms with van der Waals surface area (Å²) in [7, 11) is 2.09. The van der Waals surface area contributed by atoms with Crippen LogP contribution in [-0.4, -0.2) is 49.5 Å². The lowest BCUT2D eigenvalue weighted by Crippen LogP contribution is -2.25. The van der Waals surface area contributed by atoms with E-state index < -0.39 is 6.10 Å². The molecule has 3 aromatic heterocycles. The zero-order chi connectivity index (χ0) is 25.2. The van der Waals surface area contributed by atoms with Crippen molar-refractivity contribution < 1.29 is 5.11 Å². The van der Waals surface area contributed by atoms with E-state index in [0.717, 1.165) is 53.1 Å². The number of hydrogen-bond donors (Lipinski definition) is 2. The van der Waals surface area contributed by atoms with Gasteiger partial charge in [0.2, 0.25) is 5.95 Å². The molecular formula is C28H29N7O. The molecule has 0 amide bonds. The molecule has 1 aliphatic rings. The van der Waals surface area contributed by atoms with Gasteiger partial charge in [0, 0.05) is 19.3 Å². The predicted octanol–water partition coefficient (Wildman–Crippen LogP) is 4.44. The Hall–Kier alpha value is -4.06. The van der Waals surface area contributed by atoms with Gasteiger partial charge in [-0.1, -0.05) is 36.4 Å². The summed E-state index contributed by atoms with van der Waals surface area (Å²) in [6.45, 7) is 5.86. The van der Waals surface area contributed by atoms with E-state index in [2.05, 4.69) is 44.4 Å². The van der Waals surface area contributed by atoms with Crippen molar-refractivity contribution in [2.45, 2.75) is 32.4 Å². The van der Waals surface area contributed by atoms with E-state index in [1.807, 2.05) is 60.8 Å². The van der Waals surface area contributed by atoms with Crippen molar-refractivity contribution in [2.24, 2.45) is 0 Å². The minimum Gasteiger partial charge on any atom is -0.384 e. The number of anilines is 1. The Balaban J connectivity index is 1.36. The summed E-state index contributed by atoms with van der Waals surface area (Å²) in [6.07, 6.45) is 7.62. The normalized spacial score (nSPS) is 15.8. The van der Waals surface area contributed by atoms with Crippen molar-refractivity contribution in [1.82, 2.24) is 24.3 Å². The van der Waals surface area contributed by atoms with Gasteiger partial charge in [0.1, 0.15) is 23.5 Å². The molecule has 0 saturated heterocycles. The molecule has 1 unspecified atom stereocenters. The summed E-state index contributed by atoms with van der Waals surface area (Å²) < 4.78 is 1.94. The molecule has 4 heterocycles. The van der Waals surface area contributed by atoms with Gasteiger partial charge in [0.25, 0.3) is 0 Å². The number of hydrogen-bond acceptors (Lipinski definition) is 7. The van der Waals surface area contributed by atoms with Crippen molar-refractivity contribution in [3.05, 3.63) is 88.9 Å². The Morgan fingerprint density at radius 2 is 1.89 bits per heavy atom. The van der Waals surface area contributed by atoms with Crippen LogP contribution in [-0.2, 0) is 0 Å². The van der Waals surface area contributed by atoms with Crippen molar-refractivity contribution in [3.8, 4) is 17.5 Å². The number of pyridine rings is 1. The molecule has 0 fully saturated rings. The van der Waals surface area contributed by atoms with E-state index in [1.54, 1.807) is 12.4 Å². The van der Waals surface area contributed by atoms with Gasteiger partial charge in [-0.2, -0.15) is 5.26 Å². The second kappa shape index (κ2) is 9.90. The molecule has 1 aliphatic heterocycles. The number of imidazole rings is 1. The molecule has 8 heteroatoms. The fraction of sp³-hybridized carbons (Fsp3) is 0.286. The molecule has 0 aliphatic carbocycles. The van der Waals surface area contributed by atoms with Crippen LogP contribution < -0.4 is 5.32 Å². The highest BCUT2D eigenvalue weighted by molar-refractivity contribution is 5.68. The van der Waals surface area contributed by atoms with Crippen LogP contribution in [0.25, 0.3) is 17.0 Å². The third-order valence-electron chi connectivity index (χ3n) is 6.78. The van der Waals surface area contributed by atoms with Crippen molar-refractivity contribution >= 4 is 11.6 Å². The van der Waals surface area contributed by atoms with Gasteiger partial charge in [-0.3, -0.25) is 4.40 Å². The minimum absolute atomic E-state index is 0.0797. The number of aliphatic hydroxyl groups is 1. The molecule has 2 atom stereocenters. The van der Waals surface area contributed by atoms with E-state index in [9.17, 15) is 10.4 Å². The first-order valence-electron chi connectivity index (χ1n) is 12.1. The highest BCUT2D eigenvalue weighted by atomic mass is 16.3. The third-order valence-corrected chi connectivity index (χ3v) is 6.78. The molecule has 5 rings (SSSR count). The topological polar surface area (TPSA) is 102 Å². The lowest BCUT2D eigenvalue weighted by atomic mass is 9.95.